The lowest BCUT2D eigenvalue weighted by Crippen LogP contribution is -2.37. The summed E-state index contributed by atoms with van der Waals surface area (Å²) >= 11 is 4.94. The first-order valence-electron chi connectivity index (χ1n) is 11.4. The number of methoxy groups -OCH3 is 1. The minimum atomic E-state index is -0.905. The number of amides is 1. The van der Waals surface area contributed by atoms with Crippen LogP contribution in [0.15, 0.2) is 46.0 Å². The number of fused-ring (bicyclic) bond motifs is 3. The van der Waals surface area contributed by atoms with E-state index < -0.39 is 12.2 Å². The van der Waals surface area contributed by atoms with Gasteiger partial charge in [-0.3, -0.25) is 14.5 Å². The van der Waals surface area contributed by atoms with Crippen LogP contribution in [-0.2, 0) is 9.59 Å². The van der Waals surface area contributed by atoms with Crippen molar-refractivity contribution in [2.45, 2.75) is 45.0 Å². The summed E-state index contributed by atoms with van der Waals surface area (Å²) in [5, 5.41) is 9.12. The Hall–Kier alpha value is -3.18. The van der Waals surface area contributed by atoms with Crippen LogP contribution in [-0.4, -0.2) is 39.9 Å². The third-order valence-corrected chi connectivity index (χ3v) is 6.71. The SMILES string of the molecule is CCSc1nnc2c(n1)OC(c1cc(Br)c(OC(=O)CC)c(OC)c1)N(C(=O)CC)c1ccccc1-2. The summed E-state index contributed by atoms with van der Waals surface area (Å²) in [6.07, 6.45) is -0.456. The monoisotopic (exact) mass is 572 g/mol. The molecule has 0 spiro atoms. The molecule has 0 saturated heterocycles. The Morgan fingerprint density at radius 3 is 2.61 bits per heavy atom. The maximum absolute atomic E-state index is 13.4. The summed E-state index contributed by atoms with van der Waals surface area (Å²) in [5.41, 5.74) is 2.34. The van der Waals surface area contributed by atoms with Gasteiger partial charge in [0, 0.05) is 24.0 Å². The summed E-state index contributed by atoms with van der Waals surface area (Å²) in [5.74, 6) is 1.04. The molecule has 188 valence electrons. The van der Waals surface area contributed by atoms with E-state index in [0.717, 1.165) is 5.75 Å². The molecule has 0 N–H and O–H groups in total. The molecule has 1 aliphatic rings. The molecule has 1 unspecified atom stereocenters. The quantitative estimate of drug-likeness (QED) is 0.204. The maximum atomic E-state index is 13.4. The van der Waals surface area contributed by atoms with Gasteiger partial charge in [-0.2, -0.15) is 4.98 Å². The number of hydrogen-bond acceptors (Lipinski definition) is 9. The largest absolute Gasteiger partial charge is 0.493 e. The molecular weight excluding hydrogens is 548 g/mol. The highest BCUT2D eigenvalue weighted by Crippen LogP contribution is 2.46. The van der Waals surface area contributed by atoms with Gasteiger partial charge in [0.25, 0.3) is 0 Å². The molecule has 1 atom stereocenters. The third kappa shape index (κ3) is 5.03. The number of carbonyl (C=O) groups is 2. The fourth-order valence-corrected chi connectivity index (χ4v) is 4.77. The van der Waals surface area contributed by atoms with Crippen molar-refractivity contribution in [2.75, 3.05) is 17.8 Å². The molecule has 0 radical (unpaired) electrons. The highest BCUT2D eigenvalue weighted by molar-refractivity contribution is 9.10. The average Bonchev–Trinajstić information content (AvgIpc) is 3.03. The minimum absolute atomic E-state index is 0.159. The molecule has 0 saturated carbocycles. The highest BCUT2D eigenvalue weighted by atomic mass is 79.9. The summed E-state index contributed by atoms with van der Waals surface area (Å²) in [6, 6.07) is 10.9. The molecule has 1 aliphatic heterocycles. The second-order valence-electron chi connectivity index (χ2n) is 7.65. The van der Waals surface area contributed by atoms with Gasteiger partial charge in [0.05, 0.1) is 17.3 Å². The number of anilines is 1. The predicted molar refractivity (Wildman–Crippen MR) is 139 cm³/mol. The second kappa shape index (κ2) is 11.3. The molecule has 9 nitrogen and oxygen atoms in total. The lowest BCUT2D eigenvalue weighted by atomic mass is 10.1. The number of hydrogen-bond donors (Lipinski definition) is 0. The molecule has 1 aromatic heterocycles. The van der Waals surface area contributed by atoms with Crippen LogP contribution in [0.5, 0.6) is 17.4 Å². The van der Waals surface area contributed by atoms with Crippen molar-refractivity contribution in [3.8, 4) is 28.6 Å². The van der Waals surface area contributed by atoms with Crippen LogP contribution in [0.3, 0.4) is 0 Å². The van der Waals surface area contributed by atoms with Crippen molar-refractivity contribution in [3.63, 3.8) is 0 Å². The smallest absolute Gasteiger partial charge is 0.311 e. The molecule has 11 heteroatoms. The van der Waals surface area contributed by atoms with E-state index in [0.29, 0.717) is 37.9 Å². The first-order valence-corrected chi connectivity index (χ1v) is 13.2. The summed E-state index contributed by atoms with van der Waals surface area (Å²) in [6.45, 7) is 5.50. The topological polar surface area (TPSA) is 104 Å². The van der Waals surface area contributed by atoms with Gasteiger partial charge in [-0.1, -0.05) is 50.7 Å². The van der Waals surface area contributed by atoms with E-state index >= 15 is 0 Å². The lowest BCUT2D eigenvalue weighted by molar-refractivity contribution is -0.134. The number of carbonyl (C=O) groups excluding carboxylic acids is 2. The lowest BCUT2D eigenvalue weighted by Gasteiger charge is -2.31. The van der Waals surface area contributed by atoms with Gasteiger partial charge >= 0.3 is 5.97 Å². The molecule has 0 bridgehead atoms. The zero-order valence-corrected chi connectivity index (χ0v) is 22.7. The molecule has 1 amide bonds. The zero-order valence-electron chi connectivity index (χ0n) is 20.3. The summed E-state index contributed by atoms with van der Waals surface area (Å²) in [4.78, 5) is 31.5. The second-order valence-corrected chi connectivity index (χ2v) is 9.73. The predicted octanol–water partition coefficient (Wildman–Crippen LogP) is 5.57. The Balaban J connectivity index is 1.93. The third-order valence-electron chi connectivity index (χ3n) is 5.40. The van der Waals surface area contributed by atoms with Crippen LogP contribution in [0, 0.1) is 0 Å². The van der Waals surface area contributed by atoms with Crippen molar-refractivity contribution >= 4 is 45.3 Å². The summed E-state index contributed by atoms with van der Waals surface area (Å²) in [7, 11) is 1.48. The fourth-order valence-electron chi connectivity index (χ4n) is 3.73. The number of aromatic nitrogens is 3. The van der Waals surface area contributed by atoms with Crippen molar-refractivity contribution in [1.82, 2.24) is 15.2 Å². The highest BCUT2D eigenvalue weighted by Gasteiger charge is 2.36. The number of rotatable bonds is 7. The molecule has 0 fully saturated rings. The van der Waals surface area contributed by atoms with Crippen molar-refractivity contribution in [1.29, 1.82) is 0 Å². The molecule has 36 heavy (non-hydrogen) atoms. The average molecular weight is 573 g/mol. The van der Waals surface area contributed by atoms with Crippen molar-refractivity contribution in [2.24, 2.45) is 0 Å². The Labute approximate surface area is 221 Å². The van der Waals surface area contributed by atoms with Crippen LogP contribution >= 0.6 is 27.7 Å². The minimum Gasteiger partial charge on any atom is -0.493 e. The first-order chi connectivity index (χ1) is 17.4. The van der Waals surface area contributed by atoms with E-state index in [2.05, 4.69) is 31.1 Å². The molecule has 3 aromatic rings. The van der Waals surface area contributed by atoms with E-state index in [1.165, 1.54) is 18.9 Å². The Morgan fingerprint density at radius 1 is 1.14 bits per heavy atom. The summed E-state index contributed by atoms with van der Waals surface area (Å²) < 4.78 is 17.9. The number of ether oxygens (including phenoxy) is 3. The number of esters is 1. The van der Waals surface area contributed by atoms with E-state index in [4.69, 9.17) is 14.2 Å². The molecule has 0 aliphatic carbocycles. The van der Waals surface area contributed by atoms with Gasteiger partial charge in [-0.15, -0.1) is 10.2 Å². The maximum Gasteiger partial charge on any atom is 0.311 e. The Bertz CT molecular complexity index is 1310. The zero-order chi connectivity index (χ0) is 25.8. The Morgan fingerprint density at radius 2 is 1.92 bits per heavy atom. The van der Waals surface area contributed by atoms with Gasteiger partial charge in [-0.25, -0.2) is 0 Å². The number of thioether (sulfide) groups is 1. The van der Waals surface area contributed by atoms with E-state index in [1.807, 2.05) is 31.2 Å². The first kappa shape index (κ1) is 25.9. The van der Waals surface area contributed by atoms with Gasteiger partial charge in [0.2, 0.25) is 23.2 Å². The van der Waals surface area contributed by atoms with Crippen molar-refractivity contribution < 1.29 is 23.8 Å². The van der Waals surface area contributed by atoms with Crippen LogP contribution in [0.25, 0.3) is 11.3 Å². The number of benzene rings is 2. The van der Waals surface area contributed by atoms with Crippen LogP contribution in [0.1, 0.15) is 45.4 Å². The number of para-hydroxylation sites is 1. The molecule has 2 aromatic carbocycles. The standard InChI is InChI=1S/C25H25BrN4O5S/c1-5-19(31)30-17-11-9-8-10-15(17)21-23(27-25(29-28-21)36-7-3)35-24(30)14-12-16(26)22(18(13-14)33-4)34-20(32)6-2/h8-13,24H,5-7H2,1-4H3. The van der Waals surface area contributed by atoms with Gasteiger partial charge in [0.1, 0.15) is 0 Å². The van der Waals surface area contributed by atoms with E-state index in [9.17, 15) is 9.59 Å². The van der Waals surface area contributed by atoms with Crippen LogP contribution in [0.4, 0.5) is 5.69 Å². The number of nitrogens with zero attached hydrogens (tertiary/aromatic N) is 4. The Kier molecular flexibility index (Phi) is 8.10. The number of halogens is 1. The molecule has 4 rings (SSSR count). The van der Waals surface area contributed by atoms with Gasteiger partial charge in [-0.05, 0) is 39.9 Å². The molecule has 2 heterocycles. The van der Waals surface area contributed by atoms with E-state index in [1.54, 1.807) is 30.9 Å². The van der Waals surface area contributed by atoms with E-state index in [-0.39, 0.29) is 30.4 Å². The van der Waals surface area contributed by atoms with Crippen LogP contribution in [0.2, 0.25) is 0 Å². The fraction of sp³-hybridized carbons (Fsp3) is 0.320. The van der Waals surface area contributed by atoms with Gasteiger partial charge < -0.3 is 14.2 Å². The molecular formula is C25H25BrN4O5S. The van der Waals surface area contributed by atoms with Crippen molar-refractivity contribution in [3.05, 3.63) is 46.4 Å². The normalized spacial score (nSPS) is 14.2. The van der Waals surface area contributed by atoms with Gasteiger partial charge in [0.15, 0.2) is 17.2 Å². The van der Waals surface area contributed by atoms with Crippen LogP contribution < -0.4 is 19.1 Å².